The molecule has 0 amide bonds. The molecule has 1 N–H and O–H groups in total. The highest BCUT2D eigenvalue weighted by Gasteiger charge is 2.36. The lowest BCUT2D eigenvalue weighted by molar-refractivity contribution is -0.239. The van der Waals surface area contributed by atoms with Crippen LogP contribution in [-0.4, -0.2) is 45.2 Å². The van der Waals surface area contributed by atoms with Crippen molar-refractivity contribution in [3.8, 4) is 16.5 Å². The Kier molecular flexibility index (Phi) is 6.72. The molecular weight excluding hydrogens is 514 g/mol. The lowest BCUT2D eigenvalue weighted by atomic mass is 10.1. The molecule has 0 aliphatic carbocycles. The Morgan fingerprint density at radius 2 is 2.05 bits per heavy atom. The van der Waals surface area contributed by atoms with Gasteiger partial charge in [0.05, 0.1) is 36.7 Å². The summed E-state index contributed by atoms with van der Waals surface area (Å²) in [6.07, 6.45) is 2.42. The number of rotatable bonds is 9. The van der Waals surface area contributed by atoms with E-state index in [4.69, 9.17) is 18.6 Å². The highest BCUT2D eigenvalue weighted by atomic mass is 32.1. The highest BCUT2D eigenvalue weighted by molar-refractivity contribution is 7.22. The number of hydrogen-bond donors (Lipinski definition) is 1. The van der Waals surface area contributed by atoms with E-state index in [1.807, 2.05) is 18.2 Å². The van der Waals surface area contributed by atoms with E-state index in [0.717, 1.165) is 4.57 Å². The molecule has 12 heteroatoms. The number of oxazole rings is 1. The van der Waals surface area contributed by atoms with Crippen molar-refractivity contribution in [1.29, 1.82) is 0 Å². The number of hydrogen-bond acceptors (Lipinski definition) is 9. The summed E-state index contributed by atoms with van der Waals surface area (Å²) in [5, 5.41) is 10.1. The third kappa shape index (κ3) is 4.24. The second kappa shape index (κ2) is 9.86. The number of carboxylic acids is 1. The lowest BCUT2D eigenvalue weighted by Gasteiger charge is -2.32. The lowest BCUT2D eigenvalue weighted by Crippen LogP contribution is -2.52. The van der Waals surface area contributed by atoms with Gasteiger partial charge in [-0.05, 0) is 32.4 Å². The highest BCUT2D eigenvalue weighted by Crippen LogP contribution is 2.37. The van der Waals surface area contributed by atoms with Gasteiger partial charge in [-0.2, -0.15) is 0 Å². The van der Waals surface area contributed by atoms with E-state index in [0.29, 0.717) is 45.5 Å². The van der Waals surface area contributed by atoms with Gasteiger partial charge in [0.1, 0.15) is 28.5 Å². The topological polar surface area (TPSA) is 135 Å². The molecule has 1 aliphatic rings. The average molecular weight is 542 g/mol. The van der Waals surface area contributed by atoms with Crippen LogP contribution in [0.5, 0.6) is 5.75 Å². The standard InChI is InChI=1S/C26H27N3O8S/c1-14-19-22(30)29(26(2,3)24(31)32)25(33)28(23(19)38-20(14)21-27-10-12-36-21)13-17(37-18-9-11-35-18)15-7-5-6-8-16(15)34-4/h5-8,10,12,17-18H,9,11,13H2,1-4H3,(H,31,32). The predicted molar refractivity (Wildman–Crippen MR) is 139 cm³/mol. The van der Waals surface area contributed by atoms with Crippen molar-refractivity contribution >= 4 is 27.5 Å². The molecule has 4 heterocycles. The predicted octanol–water partition coefficient (Wildman–Crippen LogP) is 3.52. The quantitative estimate of drug-likeness (QED) is 0.338. The molecule has 1 aliphatic heterocycles. The SMILES string of the molecule is COc1ccccc1C(Cn1c(=O)n(C(C)(C)C(=O)O)c(=O)c2c(C)c(-c3ncco3)sc21)OC1CCO1. The molecule has 2 atom stereocenters. The first-order valence-electron chi connectivity index (χ1n) is 12.0. The van der Waals surface area contributed by atoms with Crippen molar-refractivity contribution in [3.63, 3.8) is 0 Å². The van der Waals surface area contributed by atoms with E-state index in [1.165, 1.54) is 42.2 Å². The van der Waals surface area contributed by atoms with Crippen molar-refractivity contribution in [2.24, 2.45) is 0 Å². The first-order chi connectivity index (χ1) is 18.1. The number of aliphatic carboxylic acids is 1. The minimum absolute atomic E-state index is 0.0312. The Balaban J connectivity index is 1.78. The van der Waals surface area contributed by atoms with Gasteiger partial charge in [0, 0.05) is 12.0 Å². The third-order valence-electron chi connectivity index (χ3n) is 6.73. The van der Waals surface area contributed by atoms with Crippen LogP contribution in [0.25, 0.3) is 21.0 Å². The van der Waals surface area contributed by atoms with Gasteiger partial charge in [-0.25, -0.2) is 19.1 Å². The van der Waals surface area contributed by atoms with E-state index < -0.39 is 35.2 Å². The van der Waals surface area contributed by atoms with Crippen LogP contribution in [0.15, 0.2) is 50.7 Å². The van der Waals surface area contributed by atoms with Gasteiger partial charge in [0.15, 0.2) is 6.29 Å². The number of fused-ring (bicyclic) bond motifs is 1. The van der Waals surface area contributed by atoms with E-state index >= 15 is 0 Å². The largest absolute Gasteiger partial charge is 0.496 e. The van der Waals surface area contributed by atoms with Crippen LogP contribution in [-0.2, 0) is 26.4 Å². The van der Waals surface area contributed by atoms with Gasteiger partial charge in [-0.3, -0.25) is 9.36 Å². The molecule has 0 spiro atoms. The zero-order chi connectivity index (χ0) is 27.2. The molecule has 3 aromatic heterocycles. The molecule has 0 saturated carbocycles. The maximum atomic E-state index is 14.0. The van der Waals surface area contributed by atoms with E-state index in [1.54, 1.807) is 20.1 Å². The molecule has 1 fully saturated rings. The first-order valence-corrected chi connectivity index (χ1v) is 12.8. The fraction of sp³-hybridized carbons (Fsp3) is 0.385. The van der Waals surface area contributed by atoms with E-state index in [2.05, 4.69) is 4.98 Å². The number of carboxylic acid groups (broad SMARTS) is 1. The monoisotopic (exact) mass is 541 g/mol. The van der Waals surface area contributed by atoms with E-state index in [9.17, 15) is 19.5 Å². The summed E-state index contributed by atoms with van der Waals surface area (Å²) in [7, 11) is 1.54. The molecule has 0 radical (unpaired) electrons. The fourth-order valence-electron chi connectivity index (χ4n) is 4.45. The zero-order valence-electron chi connectivity index (χ0n) is 21.3. The Bertz CT molecular complexity index is 1610. The Morgan fingerprint density at radius 3 is 2.66 bits per heavy atom. The third-order valence-corrected chi connectivity index (χ3v) is 8.03. The second-order valence-electron chi connectivity index (χ2n) is 9.43. The minimum Gasteiger partial charge on any atom is -0.496 e. The summed E-state index contributed by atoms with van der Waals surface area (Å²) in [5.41, 5.74) is -2.06. The average Bonchev–Trinajstić information content (AvgIpc) is 3.50. The van der Waals surface area contributed by atoms with Gasteiger partial charge in [-0.15, -0.1) is 11.3 Å². The Morgan fingerprint density at radius 1 is 1.32 bits per heavy atom. The molecule has 5 rings (SSSR count). The van der Waals surface area contributed by atoms with E-state index in [-0.39, 0.29) is 11.9 Å². The Labute approximate surface area is 220 Å². The van der Waals surface area contributed by atoms with Crippen LogP contribution in [0.2, 0.25) is 0 Å². The number of methoxy groups -OCH3 is 1. The van der Waals surface area contributed by atoms with Gasteiger partial charge < -0.3 is 23.7 Å². The smallest absolute Gasteiger partial charge is 0.333 e. The first kappa shape index (κ1) is 25.9. The molecular formula is C26H27N3O8S. The van der Waals surface area contributed by atoms with Crippen LogP contribution < -0.4 is 16.0 Å². The number of aryl methyl sites for hydroxylation is 1. The number of thiophene rings is 1. The molecule has 1 saturated heterocycles. The van der Waals surface area contributed by atoms with Crippen LogP contribution in [0.3, 0.4) is 0 Å². The maximum Gasteiger partial charge on any atom is 0.333 e. The molecule has 4 aromatic rings. The normalized spacial score (nSPS) is 16.4. The van der Waals surface area contributed by atoms with Gasteiger partial charge in [0.25, 0.3) is 5.56 Å². The van der Waals surface area contributed by atoms with Crippen molar-refractivity contribution in [3.05, 3.63) is 68.7 Å². The summed E-state index contributed by atoms with van der Waals surface area (Å²) < 4.78 is 25.0. The summed E-state index contributed by atoms with van der Waals surface area (Å²) in [6.45, 7) is 4.90. The summed E-state index contributed by atoms with van der Waals surface area (Å²) >= 11 is 1.18. The molecule has 11 nitrogen and oxygen atoms in total. The number of ether oxygens (including phenoxy) is 3. The number of para-hydroxylation sites is 1. The van der Waals surface area contributed by atoms with Gasteiger partial charge in [0.2, 0.25) is 5.89 Å². The molecule has 200 valence electrons. The molecule has 38 heavy (non-hydrogen) atoms. The van der Waals surface area contributed by atoms with Crippen molar-refractivity contribution < 1.29 is 28.5 Å². The Hall–Kier alpha value is -3.74. The number of carbonyl (C=O) groups is 1. The summed E-state index contributed by atoms with van der Waals surface area (Å²) in [5.74, 6) is -0.460. The molecule has 2 unspecified atom stereocenters. The second-order valence-corrected chi connectivity index (χ2v) is 10.4. The minimum atomic E-state index is -1.82. The summed E-state index contributed by atoms with van der Waals surface area (Å²) in [4.78, 5) is 45.0. The molecule has 1 aromatic carbocycles. The van der Waals surface area contributed by atoms with Crippen LogP contribution >= 0.6 is 11.3 Å². The fourth-order valence-corrected chi connectivity index (χ4v) is 5.70. The van der Waals surface area contributed by atoms with Crippen molar-refractivity contribution in [1.82, 2.24) is 14.1 Å². The van der Waals surface area contributed by atoms with Crippen molar-refractivity contribution in [2.75, 3.05) is 13.7 Å². The zero-order valence-corrected chi connectivity index (χ0v) is 22.1. The van der Waals surface area contributed by atoms with Crippen LogP contribution in [0, 0.1) is 6.92 Å². The number of aromatic nitrogens is 3. The van der Waals surface area contributed by atoms with Crippen LogP contribution in [0.1, 0.15) is 37.5 Å². The number of nitrogens with zero attached hydrogens (tertiary/aromatic N) is 3. The van der Waals surface area contributed by atoms with Gasteiger partial charge in [-0.1, -0.05) is 18.2 Å². The maximum absolute atomic E-state index is 14.0. The van der Waals surface area contributed by atoms with Crippen LogP contribution in [0.4, 0.5) is 0 Å². The molecule has 0 bridgehead atoms. The van der Waals surface area contributed by atoms with Crippen molar-refractivity contribution in [2.45, 2.75) is 51.7 Å². The number of benzene rings is 1. The van der Waals surface area contributed by atoms with Gasteiger partial charge >= 0.3 is 11.7 Å². The summed E-state index contributed by atoms with van der Waals surface area (Å²) in [6, 6.07) is 7.28.